The van der Waals surface area contributed by atoms with Gasteiger partial charge in [0.05, 0.1) is 5.75 Å². The van der Waals surface area contributed by atoms with Crippen molar-refractivity contribution >= 4 is 21.8 Å². The van der Waals surface area contributed by atoms with Gasteiger partial charge in [0.1, 0.15) is 5.84 Å². The Labute approximate surface area is 162 Å². The first-order valence-electron chi connectivity index (χ1n) is 9.13. The molecule has 2 rings (SSSR count). The molecule has 0 aliphatic carbocycles. The maximum absolute atomic E-state index is 12.6. The molecule has 1 aromatic rings. The second kappa shape index (κ2) is 10.2. The molecule has 1 heterocycles. The van der Waals surface area contributed by atoms with Gasteiger partial charge in [0.15, 0.2) is 0 Å². The number of aryl methyl sites for hydroxylation is 1. The molecule has 7 nitrogen and oxygen atoms in total. The van der Waals surface area contributed by atoms with Gasteiger partial charge in [-0.25, -0.2) is 12.7 Å². The van der Waals surface area contributed by atoms with E-state index >= 15 is 0 Å². The van der Waals surface area contributed by atoms with Crippen LogP contribution >= 0.6 is 0 Å². The number of nitrogens with two attached hydrogens (primary N) is 1. The van der Waals surface area contributed by atoms with Crippen molar-refractivity contribution in [2.75, 3.05) is 32.4 Å². The van der Waals surface area contributed by atoms with Crippen LogP contribution in [0.5, 0.6) is 0 Å². The summed E-state index contributed by atoms with van der Waals surface area (Å²) < 4.78 is 26.8. The number of hydrogen-bond donors (Lipinski definition) is 2. The summed E-state index contributed by atoms with van der Waals surface area (Å²) >= 11 is 0. The van der Waals surface area contributed by atoms with E-state index in [-0.39, 0.29) is 5.75 Å². The van der Waals surface area contributed by atoms with Crippen molar-refractivity contribution in [1.29, 1.82) is 0 Å². The van der Waals surface area contributed by atoms with Gasteiger partial charge in [-0.05, 0) is 36.8 Å². The molecule has 3 N–H and O–H groups in total. The fraction of sp³-hybridized carbons (Fsp3) is 0.474. The summed E-state index contributed by atoms with van der Waals surface area (Å²) in [7, 11) is -1.58. The smallest absolute Gasteiger partial charge is 0.219 e. The molecule has 0 radical (unpaired) electrons. The number of piperidine rings is 1. The van der Waals surface area contributed by atoms with Crippen molar-refractivity contribution in [3.8, 4) is 0 Å². The second-order valence-electron chi connectivity index (χ2n) is 6.56. The molecule has 1 aliphatic heterocycles. The first kappa shape index (κ1) is 21.1. The molecule has 0 unspecified atom stereocenters. The lowest BCUT2D eigenvalue weighted by atomic mass is 9.98. The van der Waals surface area contributed by atoms with E-state index in [1.807, 2.05) is 30.3 Å². The van der Waals surface area contributed by atoms with Crippen molar-refractivity contribution in [2.24, 2.45) is 21.6 Å². The van der Waals surface area contributed by atoms with Gasteiger partial charge in [0.25, 0.3) is 0 Å². The zero-order valence-corrected chi connectivity index (χ0v) is 16.7. The first-order valence-corrected chi connectivity index (χ1v) is 10.7. The van der Waals surface area contributed by atoms with Crippen molar-refractivity contribution in [2.45, 2.75) is 19.3 Å². The van der Waals surface area contributed by atoms with Crippen molar-refractivity contribution < 1.29 is 8.42 Å². The zero-order valence-electron chi connectivity index (χ0n) is 15.8. The SMILES string of the molecule is C=C/C(N)=N\C(=NC)NCC1CCN(S(=O)(=O)CCc2ccccc2)CC1. The molecule has 0 saturated carbocycles. The van der Waals surface area contributed by atoms with Crippen LogP contribution in [0.25, 0.3) is 0 Å². The normalized spacial score (nSPS) is 17.7. The second-order valence-corrected chi connectivity index (χ2v) is 8.65. The minimum Gasteiger partial charge on any atom is -0.384 e. The van der Waals surface area contributed by atoms with E-state index in [2.05, 4.69) is 21.9 Å². The van der Waals surface area contributed by atoms with Crippen LogP contribution in [0, 0.1) is 5.92 Å². The van der Waals surface area contributed by atoms with Crippen LogP contribution in [0.2, 0.25) is 0 Å². The molecule has 1 aliphatic rings. The highest BCUT2D eigenvalue weighted by molar-refractivity contribution is 7.89. The number of nitrogens with zero attached hydrogens (tertiary/aromatic N) is 3. The Kier molecular flexibility index (Phi) is 7.99. The molecule has 8 heteroatoms. The van der Waals surface area contributed by atoms with Crippen molar-refractivity contribution in [1.82, 2.24) is 9.62 Å². The van der Waals surface area contributed by atoms with E-state index in [1.54, 1.807) is 11.4 Å². The number of guanidine groups is 1. The Morgan fingerprint density at radius 2 is 2.00 bits per heavy atom. The first-order chi connectivity index (χ1) is 12.9. The van der Waals surface area contributed by atoms with Gasteiger partial charge in [0, 0.05) is 26.7 Å². The molecule has 148 valence electrons. The monoisotopic (exact) mass is 391 g/mol. The summed E-state index contributed by atoms with van der Waals surface area (Å²) in [6, 6.07) is 9.72. The minimum absolute atomic E-state index is 0.155. The van der Waals surface area contributed by atoms with E-state index in [4.69, 9.17) is 5.73 Å². The van der Waals surface area contributed by atoms with E-state index in [0.29, 0.717) is 43.8 Å². The van der Waals surface area contributed by atoms with Gasteiger partial charge in [-0.1, -0.05) is 36.9 Å². The standard InChI is InChI=1S/C19H29N5O2S/c1-3-18(20)23-19(21-2)22-15-17-9-12-24(13-10-17)27(25,26)14-11-16-7-5-4-6-8-16/h3-8,17H,1,9-15H2,2H3,(H3,20,21,22,23). The number of amidine groups is 1. The quantitative estimate of drug-likeness (QED) is 0.542. The molecule has 1 fully saturated rings. The largest absolute Gasteiger partial charge is 0.384 e. The molecule has 0 spiro atoms. The number of sulfonamides is 1. The summed E-state index contributed by atoms with van der Waals surface area (Å²) in [5, 5.41) is 3.17. The van der Waals surface area contributed by atoms with Gasteiger partial charge in [-0.3, -0.25) is 4.99 Å². The lowest BCUT2D eigenvalue weighted by molar-refractivity contribution is 0.274. The summed E-state index contributed by atoms with van der Waals surface area (Å²) in [5.41, 5.74) is 6.68. The molecule has 0 bridgehead atoms. The Hall–Kier alpha value is -2.19. The Morgan fingerprint density at radius 3 is 2.59 bits per heavy atom. The number of aliphatic imine (C=N–C) groups is 2. The van der Waals surface area contributed by atoms with Crippen LogP contribution in [0.15, 0.2) is 53.0 Å². The molecule has 27 heavy (non-hydrogen) atoms. The Balaban J connectivity index is 1.79. The predicted molar refractivity (Wildman–Crippen MR) is 111 cm³/mol. The fourth-order valence-electron chi connectivity index (χ4n) is 2.98. The number of benzene rings is 1. The molecule has 0 aromatic heterocycles. The number of nitrogens with one attached hydrogen (secondary N) is 1. The fourth-order valence-corrected chi connectivity index (χ4v) is 4.50. The molecule has 0 atom stereocenters. The van der Waals surface area contributed by atoms with E-state index in [9.17, 15) is 8.42 Å². The van der Waals surface area contributed by atoms with Crippen LogP contribution in [-0.2, 0) is 16.4 Å². The van der Waals surface area contributed by atoms with Crippen molar-refractivity contribution in [3.05, 3.63) is 48.6 Å². The van der Waals surface area contributed by atoms with Gasteiger partial charge >= 0.3 is 0 Å². The molecule has 1 aromatic carbocycles. The summed E-state index contributed by atoms with van der Waals surface area (Å²) in [6.45, 7) is 5.37. The Bertz CT molecular complexity index is 767. The van der Waals surface area contributed by atoms with Crippen LogP contribution in [-0.4, -0.2) is 57.0 Å². The maximum atomic E-state index is 12.6. The lowest BCUT2D eigenvalue weighted by Gasteiger charge is -2.31. The van der Waals surface area contributed by atoms with Gasteiger partial charge in [-0.2, -0.15) is 4.99 Å². The Morgan fingerprint density at radius 1 is 1.33 bits per heavy atom. The lowest BCUT2D eigenvalue weighted by Crippen LogP contribution is -2.42. The van der Waals surface area contributed by atoms with Gasteiger partial charge < -0.3 is 11.1 Å². The highest BCUT2D eigenvalue weighted by Crippen LogP contribution is 2.20. The van der Waals surface area contributed by atoms with Crippen LogP contribution < -0.4 is 11.1 Å². The van der Waals surface area contributed by atoms with Crippen LogP contribution in [0.3, 0.4) is 0 Å². The number of hydrogen-bond acceptors (Lipinski definition) is 3. The third kappa shape index (κ3) is 6.80. The average Bonchev–Trinajstić information content (AvgIpc) is 2.70. The zero-order chi connectivity index (χ0) is 19.7. The molecule has 0 amide bonds. The van der Waals surface area contributed by atoms with Crippen molar-refractivity contribution in [3.63, 3.8) is 0 Å². The third-order valence-corrected chi connectivity index (χ3v) is 6.54. The number of rotatable bonds is 7. The van der Waals surface area contributed by atoms with Crippen LogP contribution in [0.1, 0.15) is 18.4 Å². The highest BCUT2D eigenvalue weighted by Gasteiger charge is 2.27. The maximum Gasteiger partial charge on any atom is 0.219 e. The van der Waals surface area contributed by atoms with E-state index in [0.717, 1.165) is 18.4 Å². The average molecular weight is 392 g/mol. The molecular weight excluding hydrogens is 362 g/mol. The van der Waals surface area contributed by atoms with E-state index < -0.39 is 10.0 Å². The van der Waals surface area contributed by atoms with Gasteiger partial charge in [-0.15, -0.1) is 0 Å². The topological polar surface area (TPSA) is 100 Å². The summed E-state index contributed by atoms with van der Waals surface area (Å²) in [6.07, 6.45) is 3.64. The third-order valence-electron chi connectivity index (χ3n) is 4.66. The minimum atomic E-state index is -3.22. The summed E-state index contributed by atoms with van der Waals surface area (Å²) in [4.78, 5) is 8.17. The molecule has 1 saturated heterocycles. The highest BCUT2D eigenvalue weighted by atomic mass is 32.2. The molecular formula is C19H29N5O2S. The summed E-state index contributed by atoms with van der Waals surface area (Å²) in [5.74, 6) is 1.30. The predicted octanol–water partition coefficient (Wildman–Crippen LogP) is 1.39. The van der Waals surface area contributed by atoms with E-state index in [1.165, 1.54) is 6.08 Å². The van der Waals surface area contributed by atoms with Gasteiger partial charge in [0.2, 0.25) is 16.0 Å². The van der Waals surface area contributed by atoms with Crippen LogP contribution in [0.4, 0.5) is 0 Å².